The number of oxime groups is 1. The summed E-state index contributed by atoms with van der Waals surface area (Å²) in [5, 5.41) is 7.41. The van der Waals surface area contributed by atoms with Crippen LogP contribution < -0.4 is 5.32 Å². The molecule has 0 bridgehead atoms. The van der Waals surface area contributed by atoms with Gasteiger partial charge in [-0.25, -0.2) is 4.79 Å². The van der Waals surface area contributed by atoms with Gasteiger partial charge >= 0.3 is 6.09 Å². The van der Waals surface area contributed by atoms with Gasteiger partial charge in [-0.1, -0.05) is 28.4 Å². The van der Waals surface area contributed by atoms with E-state index in [0.29, 0.717) is 28.1 Å². The minimum Gasteiger partial charge on any atom is -0.444 e. The Hall–Kier alpha value is -1.53. The molecular formula is C15H21Cl2N3O3. The maximum Gasteiger partial charge on any atom is 0.408 e. The highest BCUT2D eigenvalue weighted by Gasteiger charge is 2.23. The van der Waals surface area contributed by atoms with Crippen LogP contribution in [0.4, 0.5) is 4.79 Å². The van der Waals surface area contributed by atoms with Crippen molar-refractivity contribution in [3.63, 3.8) is 0 Å². The highest BCUT2D eigenvalue weighted by atomic mass is 35.5. The molecule has 1 heterocycles. The molecule has 1 aromatic heterocycles. The minimum atomic E-state index is -0.600. The Morgan fingerprint density at radius 1 is 1.43 bits per heavy atom. The number of amides is 1. The number of nitrogens with one attached hydrogen (secondary N) is 1. The molecular weight excluding hydrogens is 341 g/mol. The van der Waals surface area contributed by atoms with Crippen molar-refractivity contribution in [3.8, 4) is 0 Å². The maximum absolute atomic E-state index is 11.9. The van der Waals surface area contributed by atoms with Crippen molar-refractivity contribution in [3.05, 3.63) is 28.0 Å². The van der Waals surface area contributed by atoms with Gasteiger partial charge < -0.3 is 14.9 Å². The van der Waals surface area contributed by atoms with E-state index in [0.717, 1.165) is 0 Å². The SMILES string of the molecule is CCON=C(c1ncc(Cl)cc1Cl)[C@H](C)NC(=O)OC(C)(C)C. The number of ether oxygens (including phenoxy) is 1. The Morgan fingerprint density at radius 3 is 2.61 bits per heavy atom. The Labute approximate surface area is 146 Å². The van der Waals surface area contributed by atoms with Crippen molar-refractivity contribution in [2.75, 3.05) is 6.61 Å². The summed E-state index contributed by atoms with van der Waals surface area (Å²) in [7, 11) is 0. The lowest BCUT2D eigenvalue weighted by Crippen LogP contribution is -2.42. The van der Waals surface area contributed by atoms with Gasteiger partial charge in [0.05, 0.1) is 16.1 Å². The molecule has 0 unspecified atom stereocenters. The first-order valence-electron chi connectivity index (χ1n) is 7.14. The summed E-state index contributed by atoms with van der Waals surface area (Å²) < 4.78 is 5.23. The molecule has 0 aliphatic carbocycles. The molecule has 23 heavy (non-hydrogen) atoms. The normalized spacial score (nSPS) is 13.4. The minimum absolute atomic E-state index is 0.314. The second-order valence-corrected chi connectivity index (χ2v) is 6.59. The van der Waals surface area contributed by atoms with Gasteiger partial charge in [-0.2, -0.15) is 0 Å². The molecule has 6 nitrogen and oxygen atoms in total. The molecule has 0 saturated heterocycles. The number of pyridine rings is 1. The summed E-state index contributed by atoms with van der Waals surface area (Å²) in [5.74, 6) is 0. The lowest BCUT2D eigenvalue weighted by Gasteiger charge is -2.22. The zero-order valence-corrected chi connectivity index (χ0v) is 15.3. The molecule has 0 spiro atoms. The van der Waals surface area contributed by atoms with Crippen molar-refractivity contribution in [1.82, 2.24) is 10.3 Å². The van der Waals surface area contributed by atoms with Crippen LogP contribution in [-0.4, -0.2) is 35.0 Å². The molecule has 1 atom stereocenters. The van der Waals surface area contributed by atoms with Crippen LogP contribution >= 0.6 is 23.2 Å². The number of hydrogen-bond donors (Lipinski definition) is 1. The van der Waals surface area contributed by atoms with Gasteiger partial charge in [0.15, 0.2) is 0 Å². The number of rotatable bonds is 5. The fraction of sp³-hybridized carbons (Fsp3) is 0.533. The fourth-order valence-electron chi connectivity index (χ4n) is 1.62. The van der Waals surface area contributed by atoms with Gasteiger partial charge in [0.25, 0.3) is 0 Å². The molecule has 128 valence electrons. The van der Waals surface area contributed by atoms with Crippen molar-refractivity contribution in [2.45, 2.75) is 46.3 Å². The summed E-state index contributed by atoms with van der Waals surface area (Å²) in [6.07, 6.45) is 0.879. The smallest absolute Gasteiger partial charge is 0.408 e. The highest BCUT2D eigenvalue weighted by Crippen LogP contribution is 2.20. The van der Waals surface area contributed by atoms with Crippen LogP contribution in [0.1, 0.15) is 40.3 Å². The zero-order chi connectivity index (χ0) is 17.6. The van der Waals surface area contributed by atoms with Crippen LogP contribution in [0.15, 0.2) is 17.4 Å². The molecule has 0 aliphatic rings. The third kappa shape index (κ3) is 6.62. The first-order valence-corrected chi connectivity index (χ1v) is 7.90. The summed E-state index contributed by atoms with van der Waals surface area (Å²) in [4.78, 5) is 21.2. The quantitative estimate of drug-likeness (QED) is 0.634. The number of alkyl carbamates (subject to hydrolysis) is 1. The van der Waals surface area contributed by atoms with E-state index in [9.17, 15) is 4.79 Å². The van der Waals surface area contributed by atoms with Crippen LogP contribution in [0.25, 0.3) is 0 Å². The van der Waals surface area contributed by atoms with Crippen LogP contribution in [0.2, 0.25) is 10.0 Å². The number of nitrogens with zero attached hydrogens (tertiary/aromatic N) is 2. The van der Waals surface area contributed by atoms with Crippen molar-refractivity contribution < 1.29 is 14.4 Å². The Morgan fingerprint density at radius 2 is 2.09 bits per heavy atom. The Balaban J connectivity index is 3.00. The first kappa shape index (κ1) is 19.5. The molecule has 0 fully saturated rings. The van der Waals surface area contributed by atoms with E-state index in [1.54, 1.807) is 40.7 Å². The largest absolute Gasteiger partial charge is 0.444 e. The molecule has 1 aromatic rings. The number of aromatic nitrogens is 1. The van der Waals surface area contributed by atoms with Crippen LogP contribution in [0, 0.1) is 0 Å². The van der Waals surface area contributed by atoms with Gasteiger partial charge in [0, 0.05) is 6.20 Å². The lowest BCUT2D eigenvalue weighted by molar-refractivity contribution is 0.0520. The molecule has 1 N–H and O–H groups in total. The van der Waals surface area contributed by atoms with Crippen molar-refractivity contribution in [1.29, 1.82) is 0 Å². The molecule has 1 amide bonds. The van der Waals surface area contributed by atoms with Gasteiger partial charge in [-0.3, -0.25) is 4.98 Å². The van der Waals surface area contributed by atoms with Gasteiger partial charge in [0.2, 0.25) is 0 Å². The highest BCUT2D eigenvalue weighted by molar-refractivity contribution is 6.36. The zero-order valence-electron chi connectivity index (χ0n) is 13.8. The predicted molar refractivity (Wildman–Crippen MR) is 91.3 cm³/mol. The maximum atomic E-state index is 11.9. The standard InChI is InChI=1S/C15H21Cl2N3O3/c1-6-22-20-12(13-11(17)7-10(16)8-18-13)9(2)19-14(21)23-15(3,4)5/h7-9H,6H2,1-5H3,(H,19,21)/t9-/m0/s1. The number of halogens is 2. The van der Waals surface area contributed by atoms with E-state index in [2.05, 4.69) is 15.5 Å². The van der Waals surface area contributed by atoms with Gasteiger partial charge in [-0.15, -0.1) is 0 Å². The third-order valence-corrected chi connectivity index (χ3v) is 2.98. The third-order valence-electron chi connectivity index (χ3n) is 2.49. The summed E-state index contributed by atoms with van der Waals surface area (Å²) in [6, 6.07) is 1.02. The molecule has 0 aromatic carbocycles. The van der Waals surface area contributed by atoms with E-state index in [-0.39, 0.29) is 0 Å². The molecule has 0 saturated carbocycles. The Bertz CT molecular complexity index is 586. The van der Waals surface area contributed by atoms with Gasteiger partial charge in [0.1, 0.15) is 23.6 Å². The first-order chi connectivity index (χ1) is 10.6. The monoisotopic (exact) mass is 361 g/mol. The molecule has 0 radical (unpaired) electrons. The summed E-state index contributed by atoms with van der Waals surface area (Å²) >= 11 is 12.0. The molecule has 1 rings (SSSR count). The number of carbonyl (C=O) groups is 1. The van der Waals surface area contributed by atoms with E-state index < -0.39 is 17.7 Å². The topological polar surface area (TPSA) is 72.8 Å². The second-order valence-electron chi connectivity index (χ2n) is 5.75. The molecule has 8 heteroatoms. The van der Waals surface area contributed by atoms with Crippen molar-refractivity contribution >= 4 is 35.0 Å². The van der Waals surface area contributed by atoms with Crippen molar-refractivity contribution in [2.24, 2.45) is 5.16 Å². The van der Waals surface area contributed by atoms with E-state index >= 15 is 0 Å². The Kier molecular flexibility index (Phi) is 7.09. The fourth-order valence-corrected chi connectivity index (χ4v) is 2.09. The average Bonchev–Trinajstić information content (AvgIpc) is 2.38. The summed E-state index contributed by atoms with van der Waals surface area (Å²) in [5.41, 5.74) is 0.157. The van der Waals surface area contributed by atoms with E-state index in [1.807, 2.05) is 0 Å². The van der Waals surface area contributed by atoms with Crippen LogP contribution in [0.3, 0.4) is 0 Å². The van der Waals surface area contributed by atoms with E-state index in [4.69, 9.17) is 32.8 Å². The lowest BCUT2D eigenvalue weighted by atomic mass is 10.1. The number of carbonyl (C=O) groups excluding carboxylic acids is 1. The summed E-state index contributed by atoms with van der Waals surface area (Å²) in [6.45, 7) is 9.24. The molecule has 0 aliphatic heterocycles. The predicted octanol–water partition coefficient (Wildman–Crippen LogP) is 4.04. The second kappa shape index (κ2) is 8.36. The number of hydrogen-bond acceptors (Lipinski definition) is 5. The average molecular weight is 362 g/mol. The van der Waals surface area contributed by atoms with Crippen LogP contribution in [0.5, 0.6) is 0 Å². The van der Waals surface area contributed by atoms with E-state index in [1.165, 1.54) is 6.20 Å². The van der Waals surface area contributed by atoms with Crippen LogP contribution in [-0.2, 0) is 9.57 Å². The van der Waals surface area contributed by atoms with Gasteiger partial charge in [-0.05, 0) is 40.7 Å².